The van der Waals surface area contributed by atoms with Gasteiger partial charge in [-0.25, -0.2) is 0 Å². The molecule has 4 nitrogen and oxygen atoms in total. The maximum absolute atomic E-state index is 12.1. The van der Waals surface area contributed by atoms with E-state index in [9.17, 15) is 9.59 Å². The summed E-state index contributed by atoms with van der Waals surface area (Å²) in [5.74, 6) is -0.663. The first-order valence-corrected chi connectivity index (χ1v) is 7.28. The second-order valence-electron chi connectivity index (χ2n) is 5.03. The third kappa shape index (κ3) is 4.09. The summed E-state index contributed by atoms with van der Waals surface area (Å²) in [6.45, 7) is 3.57. The molecule has 0 saturated heterocycles. The molecule has 2 amide bonds. The van der Waals surface area contributed by atoms with Gasteiger partial charge < -0.3 is 10.6 Å². The average molecular weight is 317 g/mol. The van der Waals surface area contributed by atoms with Crippen LogP contribution in [0.1, 0.15) is 22.8 Å². The summed E-state index contributed by atoms with van der Waals surface area (Å²) in [4.78, 5) is 24.2. The van der Waals surface area contributed by atoms with Crippen molar-refractivity contribution in [2.24, 2.45) is 0 Å². The number of benzene rings is 2. The fraction of sp³-hybridized carbons (Fsp3) is 0.176. The summed E-state index contributed by atoms with van der Waals surface area (Å²) in [6.07, 6.45) is 0. The Morgan fingerprint density at radius 3 is 2.50 bits per heavy atom. The van der Waals surface area contributed by atoms with Gasteiger partial charge in [0.15, 0.2) is 0 Å². The second-order valence-corrected chi connectivity index (χ2v) is 5.44. The summed E-state index contributed by atoms with van der Waals surface area (Å²) in [6, 6.07) is 13.5. The molecule has 1 atom stereocenters. The Hall–Kier alpha value is -2.33. The summed E-state index contributed by atoms with van der Waals surface area (Å²) < 4.78 is 0. The molecule has 2 aromatic carbocycles. The summed E-state index contributed by atoms with van der Waals surface area (Å²) in [7, 11) is 0. The SMILES string of the molecule is Cc1cccc(NC(=O)C(C)NC(=O)c2ccccc2Cl)c1. The fourth-order valence-corrected chi connectivity index (χ4v) is 2.18. The number of aryl methyl sites for hydroxylation is 1. The van der Waals surface area contributed by atoms with E-state index < -0.39 is 6.04 Å². The van der Waals surface area contributed by atoms with Gasteiger partial charge in [-0.3, -0.25) is 9.59 Å². The predicted molar refractivity (Wildman–Crippen MR) is 88.2 cm³/mol. The molecule has 2 rings (SSSR count). The van der Waals surface area contributed by atoms with Gasteiger partial charge in [0, 0.05) is 5.69 Å². The van der Waals surface area contributed by atoms with Crippen LogP contribution in [0.2, 0.25) is 5.02 Å². The number of carbonyl (C=O) groups excluding carboxylic acids is 2. The van der Waals surface area contributed by atoms with E-state index >= 15 is 0 Å². The predicted octanol–water partition coefficient (Wildman–Crippen LogP) is 3.41. The summed E-state index contributed by atoms with van der Waals surface area (Å²) >= 11 is 5.97. The highest BCUT2D eigenvalue weighted by atomic mass is 35.5. The lowest BCUT2D eigenvalue weighted by Gasteiger charge is -2.15. The van der Waals surface area contributed by atoms with Gasteiger partial charge in [0.1, 0.15) is 6.04 Å². The number of rotatable bonds is 4. The van der Waals surface area contributed by atoms with Crippen molar-refractivity contribution in [1.82, 2.24) is 5.32 Å². The van der Waals surface area contributed by atoms with Gasteiger partial charge in [-0.1, -0.05) is 35.9 Å². The maximum Gasteiger partial charge on any atom is 0.253 e. The van der Waals surface area contributed by atoms with Crippen molar-refractivity contribution < 1.29 is 9.59 Å². The van der Waals surface area contributed by atoms with E-state index in [-0.39, 0.29) is 11.8 Å². The van der Waals surface area contributed by atoms with E-state index in [2.05, 4.69) is 10.6 Å². The molecule has 1 unspecified atom stereocenters. The molecule has 0 bridgehead atoms. The quantitative estimate of drug-likeness (QED) is 0.908. The smallest absolute Gasteiger partial charge is 0.253 e. The Morgan fingerprint density at radius 1 is 1.09 bits per heavy atom. The first kappa shape index (κ1) is 16.0. The Morgan fingerprint density at radius 2 is 1.82 bits per heavy atom. The minimum absolute atomic E-state index is 0.286. The van der Waals surface area contributed by atoms with Crippen molar-refractivity contribution in [1.29, 1.82) is 0 Å². The van der Waals surface area contributed by atoms with Gasteiger partial charge >= 0.3 is 0 Å². The molecule has 0 aromatic heterocycles. The Kier molecular flexibility index (Phi) is 5.17. The first-order chi connectivity index (χ1) is 10.5. The van der Waals surface area contributed by atoms with Crippen molar-refractivity contribution in [2.45, 2.75) is 19.9 Å². The molecule has 0 aliphatic heterocycles. The van der Waals surface area contributed by atoms with Crippen LogP contribution in [0.5, 0.6) is 0 Å². The van der Waals surface area contributed by atoms with Crippen LogP contribution in [-0.4, -0.2) is 17.9 Å². The van der Waals surface area contributed by atoms with Gasteiger partial charge in [-0.15, -0.1) is 0 Å². The molecule has 0 heterocycles. The molecule has 5 heteroatoms. The fourth-order valence-electron chi connectivity index (χ4n) is 1.96. The van der Waals surface area contributed by atoms with Crippen LogP contribution < -0.4 is 10.6 Å². The molecule has 0 saturated carbocycles. The molecule has 0 aliphatic carbocycles. The van der Waals surface area contributed by atoms with E-state index in [1.54, 1.807) is 37.3 Å². The molecular weight excluding hydrogens is 300 g/mol. The van der Waals surface area contributed by atoms with Crippen molar-refractivity contribution in [3.8, 4) is 0 Å². The van der Waals surface area contributed by atoms with Gasteiger partial charge in [0.2, 0.25) is 5.91 Å². The molecule has 0 fully saturated rings. The van der Waals surface area contributed by atoms with Crippen LogP contribution in [0.4, 0.5) is 5.69 Å². The van der Waals surface area contributed by atoms with Crippen LogP contribution in [-0.2, 0) is 4.79 Å². The Bertz CT molecular complexity index is 701. The largest absolute Gasteiger partial charge is 0.340 e. The highest BCUT2D eigenvalue weighted by Crippen LogP contribution is 2.15. The first-order valence-electron chi connectivity index (χ1n) is 6.90. The number of hydrogen-bond donors (Lipinski definition) is 2. The van der Waals surface area contributed by atoms with E-state index in [0.717, 1.165) is 5.56 Å². The molecule has 2 aromatic rings. The van der Waals surface area contributed by atoms with Crippen molar-refractivity contribution in [3.05, 3.63) is 64.7 Å². The maximum atomic E-state index is 12.1. The highest BCUT2D eigenvalue weighted by molar-refractivity contribution is 6.33. The van der Waals surface area contributed by atoms with Gasteiger partial charge in [0.25, 0.3) is 5.91 Å². The standard InChI is InChI=1S/C17H17ClN2O2/c1-11-6-5-7-13(10-11)20-16(21)12(2)19-17(22)14-8-3-4-9-15(14)18/h3-10,12H,1-2H3,(H,19,22)(H,20,21). The lowest BCUT2D eigenvalue weighted by Crippen LogP contribution is -2.41. The molecule has 0 aliphatic rings. The third-order valence-corrected chi connectivity index (χ3v) is 3.47. The molecule has 2 N–H and O–H groups in total. The van der Waals surface area contributed by atoms with Crippen molar-refractivity contribution in [2.75, 3.05) is 5.32 Å². The van der Waals surface area contributed by atoms with Crippen LogP contribution in [0, 0.1) is 6.92 Å². The number of anilines is 1. The minimum Gasteiger partial charge on any atom is -0.340 e. The topological polar surface area (TPSA) is 58.2 Å². The molecule has 0 spiro atoms. The zero-order chi connectivity index (χ0) is 16.1. The third-order valence-electron chi connectivity index (χ3n) is 3.14. The van der Waals surface area contributed by atoms with Gasteiger partial charge in [0.05, 0.1) is 10.6 Å². The zero-order valence-corrected chi connectivity index (χ0v) is 13.1. The second kappa shape index (κ2) is 7.09. The molecular formula is C17H17ClN2O2. The monoisotopic (exact) mass is 316 g/mol. The van der Waals surface area contributed by atoms with E-state index in [4.69, 9.17) is 11.6 Å². The number of amides is 2. The lowest BCUT2D eigenvalue weighted by molar-refractivity contribution is -0.117. The van der Waals surface area contributed by atoms with E-state index in [1.807, 2.05) is 25.1 Å². The normalized spacial score (nSPS) is 11.6. The lowest BCUT2D eigenvalue weighted by atomic mass is 10.2. The van der Waals surface area contributed by atoms with E-state index in [0.29, 0.717) is 16.3 Å². The molecule has 0 radical (unpaired) electrons. The highest BCUT2D eigenvalue weighted by Gasteiger charge is 2.18. The van der Waals surface area contributed by atoms with Crippen LogP contribution >= 0.6 is 11.6 Å². The van der Waals surface area contributed by atoms with Gasteiger partial charge in [-0.05, 0) is 43.7 Å². The Balaban J connectivity index is 1.99. The summed E-state index contributed by atoms with van der Waals surface area (Å²) in [5.41, 5.74) is 2.09. The van der Waals surface area contributed by atoms with Gasteiger partial charge in [-0.2, -0.15) is 0 Å². The number of carbonyl (C=O) groups is 2. The molecule has 114 valence electrons. The van der Waals surface area contributed by atoms with Crippen LogP contribution in [0.15, 0.2) is 48.5 Å². The average Bonchev–Trinajstić information content (AvgIpc) is 2.47. The minimum atomic E-state index is -0.677. The Labute approximate surface area is 134 Å². The number of nitrogens with one attached hydrogen (secondary N) is 2. The summed E-state index contributed by atoms with van der Waals surface area (Å²) in [5, 5.41) is 5.76. The van der Waals surface area contributed by atoms with Crippen LogP contribution in [0.25, 0.3) is 0 Å². The zero-order valence-electron chi connectivity index (χ0n) is 12.4. The molecule has 22 heavy (non-hydrogen) atoms. The number of halogens is 1. The van der Waals surface area contributed by atoms with Crippen LogP contribution in [0.3, 0.4) is 0 Å². The van der Waals surface area contributed by atoms with Crippen molar-refractivity contribution in [3.63, 3.8) is 0 Å². The number of hydrogen-bond acceptors (Lipinski definition) is 2. The van der Waals surface area contributed by atoms with Crippen molar-refractivity contribution >= 4 is 29.1 Å². The van der Waals surface area contributed by atoms with E-state index in [1.165, 1.54) is 0 Å².